The van der Waals surface area contributed by atoms with Crippen molar-refractivity contribution in [2.75, 3.05) is 11.1 Å². The lowest BCUT2D eigenvalue weighted by molar-refractivity contribution is -0.113. The second kappa shape index (κ2) is 8.83. The van der Waals surface area contributed by atoms with Gasteiger partial charge in [0.2, 0.25) is 5.91 Å². The highest BCUT2D eigenvalue weighted by Crippen LogP contribution is 2.22. The van der Waals surface area contributed by atoms with E-state index in [9.17, 15) is 14.4 Å². The van der Waals surface area contributed by atoms with E-state index in [0.717, 1.165) is 16.0 Å². The molecule has 0 saturated heterocycles. The molecule has 164 valence electrons. The fourth-order valence-corrected chi connectivity index (χ4v) is 4.13. The number of aromatic nitrogens is 5. The lowest BCUT2D eigenvalue weighted by Gasteiger charge is -2.10. The van der Waals surface area contributed by atoms with Crippen LogP contribution in [-0.4, -0.2) is 35.6 Å². The summed E-state index contributed by atoms with van der Waals surface area (Å²) >= 11 is 1.23. The molecule has 4 rings (SSSR count). The second-order valence-corrected chi connectivity index (χ2v) is 8.32. The Hall–Kier alpha value is -3.66. The molecule has 0 atom stereocenters. The molecule has 0 unspecified atom stereocenters. The maximum Gasteiger partial charge on any atom is 0.332 e. The van der Waals surface area contributed by atoms with Gasteiger partial charge in [-0.25, -0.2) is 4.79 Å². The van der Waals surface area contributed by atoms with Crippen molar-refractivity contribution in [1.82, 2.24) is 23.9 Å². The van der Waals surface area contributed by atoms with Crippen LogP contribution in [0.15, 0.2) is 63.3 Å². The van der Waals surface area contributed by atoms with Crippen molar-refractivity contribution in [2.24, 2.45) is 21.1 Å². The fourth-order valence-electron chi connectivity index (χ4n) is 3.40. The van der Waals surface area contributed by atoms with Crippen LogP contribution in [0, 0.1) is 0 Å². The highest BCUT2D eigenvalue weighted by atomic mass is 32.2. The molecule has 2 aromatic carbocycles. The Morgan fingerprint density at radius 1 is 0.969 bits per heavy atom. The smallest absolute Gasteiger partial charge is 0.311 e. The van der Waals surface area contributed by atoms with E-state index in [4.69, 9.17) is 0 Å². The highest BCUT2D eigenvalue weighted by Gasteiger charge is 2.14. The average molecular weight is 451 g/mol. The molecule has 4 aromatic rings. The summed E-state index contributed by atoms with van der Waals surface area (Å²) < 4.78 is 4.06. The Kier molecular flexibility index (Phi) is 5.95. The minimum Gasteiger partial charge on any atom is -0.311 e. The third kappa shape index (κ3) is 4.22. The standard InChI is InChI=1S/C22H22N6O3S/c1-26-18(11-15-9-6-8-14-7-4-5-10-16(14)15)24-25-21(26)32-13-19(29)23-17-12-20(30)28(3)22(31)27(17)2/h4-10,12H,11,13H2,1-3H3,(H,23,29). The van der Waals surface area contributed by atoms with Gasteiger partial charge in [-0.3, -0.25) is 18.7 Å². The van der Waals surface area contributed by atoms with E-state index in [1.54, 1.807) is 0 Å². The molecule has 0 spiro atoms. The maximum absolute atomic E-state index is 12.4. The Morgan fingerprint density at radius 2 is 1.72 bits per heavy atom. The maximum atomic E-state index is 12.4. The Labute approximate surface area is 187 Å². The number of nitrogens with one attached hydrogen (secondary N) is 1. The predicted octanol–water partition coefficient (Wildman–Crippen LogP) is 1.69. The van der Waals surface area contributed by atoms with Crippen LogP contribution < -0.4 is 16.6 Å². The first-order chi connectivity index (χ1) is 15.3. The topological polar surface area (TPSA) is 104 Å². The van der Waals surface area contributed by atoms with Gasteiger partial charge in [0.15, 0.2) is 5.16 Å². The van der Waals surface area contributed by atoms with Crippen molar-refractivity contribution in [3.8, 4) is 0 Å². The largest absolute Gasteiger partial charge is 0.332 e. The zero-order valence-electron chi connectivity index (χ0n) is 17.9. The van der Waals surface area contributed by atoms with Gasteiger partial charge >= 0.3 is 5.69 Å². The van der Waals surface area contributed by atoms with Crippen LogP contribution in [0.2, 0.25) is 0 Å². The Bertz CT molecular complexity index is 1430. The Morgan fingerprint density at radius 3 is 2.53 bits per heavy atom. The summed E-state index contributed by atoms with van der Waals surface area (Å²) in [6.07, 6.45) is 0.618. The van der Waals surface area contributed by atoms with E-state index < -0.39 is 11.2 Å². The van der Waals surface area contributed by atoms with Crippen LogP contribution in [0.25, 0.3) is 10.8 Å². The normalized spacial score (nSPS) is 11.1. The quantitative estimate of drug-likeness (QED) is 0.449. The number of nitrogens with zero attached hydrogens (tertiary/aromatic N) is 5. The molecular formula is C22H22N6O3S. The lowest BCUT2D eigenvalue weighted by Crippen LogP contribution is -2.38. The van der Waals surface area contributed by atoms with Crippen LogP contribution in [0.5, 0.6) is 0 Å². The third-order valence-electron chi connectivity index (χ3n) is 5.28. The average Bonchev–Trinajstić information content (AvgIpc) is 3.14. The summed E-state index contributed by atoms with van der Waals surface area (Å²) in [6, 6.07) is 15.6. The summed E-state index contributed by atoms with van der Waals surface area (Å²) in [7, 11) is 4.74. The lowest BCUT2D eigenvalue weighted by atomic mass is 10.0. The minimum absolute atomic E-state index is 0.0592. The number of rotatable bonds is 6. The number of carbonyl (C=O) groups excluding carboxylic acids is 1. The zero-order chi connectivity index (χ0) is 22.8. The van der Waals surface area contributed by atoms with Crippen molar-refractivity contribution in [2.45, 2.75) is 11.6 Å². The van der Waals surface area contributed by atoms with E-state index in [1.807, 2.05) is 29.8 Å². The number of thioether (sulfide) groups is 1. The van der Waals surface area contributed by atoms with Gasteiger partial charge in [-0.05, 0) is 16.3 Å². The number of hydrogen-bond donors (Lipinski definition) is 1. The van der Waals surface area contributed by atoms with Crippen molar-refractivity contribution < 1.29 is 4.79 Å². The van der Waals surface area contributed by atoms with Crippen molar-refractivity contribution in [1.29, 1.82) is 0 Å². The SMILES string of the molecule is Cn1c(Cc2cccc3ccccc23)nnc1SCC(=O)Nc1cc(=O)n(C)c(=O)n1C. The number of carbonyl (C=O) groups is 1. The molecule has 0 aliphatic rings. The van der Waals surface area contributed by atoms with Gasteiger partial charge < -0.3 is 9.88 Å². The van der Waals surface area contributed by atoms with E-state index >= 15 is 0 Å². The molecule has 0 aliphatic carbocycles. The summed E-state index contributed by atoms with van der Waals surface area (Å²) in [5.74, 6) is 0.650. The molecule has 0 bridgehead atoms. The molecule has 1 N–H and O–H groups in total. The molecule has 1 amide bonds. The predicted molar refractivity (Wildman–Crippen MR) is 124 cm³/mol. The molecule has 0 fully saturated rings. The number of amides is 1. The Balaban J connectivity index is 1.45. The van der Waals surface area contributed by atoms with Gasteiger partial charge in [-0.2, -0.15) is 0 Å². The van der Waals surface area contributed by atoms with Crippen LogP contribution in [0.4, 0.5) is 5.82 Å². The molecule has 0 aliphatic heterocycles. The van der Waals surface area contributed by atoms with Crippen molar-refractivity contribution in [3.05, 3.63) is 80.8 Å². The summed E-state index contributed by atoms with van der Waals surface area (Å²) in [5.41, 5.74) is 0.161. The number of benzene rings is 2. The van der Waals surface area contributed by atoms with Crippen LogP contribution in [0.1, 0.15) is 11.4 Å². The first-order valence-corrected chi connectivity index (χ1v) is 10.9. The second-order valence-electron chi connectivity index (χ2n) is 7.38. The van der Waals surface area contributed by atoms with Gasteiger partial charge in [-0.15, -0.1) is 10.2 Å². The summed E-state index contributed by atoms with van der Waals surface area (Å²) in [4.78, 5) is 36.2. The van der Waals surface area contributed by atoms with Crippen LogP contribution in [-0.2, 0) is 32.4 Å². The molecule has 0 saturated carbocycles. The molecule has 10 heteroatoms. The highest BCUT2D eigenvalue weighted by molar-refractivity contribution is 7.99. The summed E-state index contributed by atoms with van der Waals surface area (Å²) in [5, 5.41) is 14.1. The minimum atomic E-state index is -0.508. The van der Waals surface area contributed by atoms with Crippen molar-refractivity contribution >= 4 is 34.3 Å². The molecule has 0 radical (unpaired) electrons. The van der Waals surface area contributed by atoms with Crippen molar-refractivity contribution in [3.63, 3.8) is 0 Å². The van der Waals surface area contributed by atoms with Crippen LogP contribution in [0.3, 0.4) is 0 Å². The molecule has 9 nitrogen and oxygen atoms in total. The monoisotopic (exact) mass is 450 g/mol. The molecular weight excluding hydrogens is 428 g/mol. The van der Waals surface area contributed by atoms with Gasteiger partial charge in [0.05, 0.1) is 5.75 Å². The van der Waals surface area contributed by atoms with Gasteiger partial charge in [0, 0.05) is 33.6 Å². The zero-order valence-corrected chi connectivity index (χ0v) is 18.7. The first-order valence-electron chi connectivity index (χ1n) is 9.90. The van der Waals surface area contributed by atoms with E-state index in [-0.39, 0.29) is 17.5 Å². The fraction of sp³-hybridized carbons (Fsp3) is 0.227. The molecule has 32 heavy (non-hydrogen) atoms. The number of anilines is 1. The summed E-state index contributed by atoms with van der Waals surface area (Å²) in [6.45, 7) is 0. The van der Waals surface area contributed by atoms with E-state index in [2.05, 4.69) is 39.8 Å². The molecule has 2 heterocycles. The van der Waals surface area contributed by atoms with E-state index in [1.165, 1.54) is 47.3 Å². The third-order valence-corrected chi connectivity index (χ3v) is 6.30. The van der Waals surface area contributed by atoms with Gasteiger partial charge in [-0.1, -0.05) is 54.2 Å². The molecule has 2 aromatic heterocycles. The number of hydrogen-bond acceptors (Lipinski definition) is 6. The van der Waals surface area contributed by atoms with Gasteiger partial charge in [0.25, 0.3) is 5.56 Å². The van der Waals surface area contributed by atoms with Gasteiger partial charge in [0.1, 0.15) is 11.6 Å². The number of fused-ring (bicyclic) bond motifs is 1. The van der Waals surface area contributed by atoms with Crippen LogP contribution >= 0.6 is 11.8 Å². The van der Waals surface area contributed by atoms with E-state index in [0.29, 0.717) is 11.6 Å². The first kappa shape index (κ1) is 21.6.